The van der Waals surface area contributed by atoms with Crippen molar-refractivity contribution in [1.29, 1.82) is 0 Å². The SMILES string of the molecule is COC(=O)c1sc(NC(=O)c2cc(-c3cnn(C)c3C)nc3ccccc23)c(C(=O)OC)c1C. The fourth-order valence-electron chi connectivity index (χ4n) is 3.66. The summed E-state index contributed by atoms with van der Waals surface area (Å²) in [6.45, 7) is 3.53. The van der Waals surface area contributed by atoms with Crippen LogP contribution in [0.4, 0.5) is 5.00 Å². The highest BCUT2D eigenvalue weighted by Crippen LogP contribution is 2.35. The first-order valence-electron chi connectivity index (χ1n) is 10.3. The van der Waals surface area contributed by atoms with Crippen molar-refractivity contribution in [3.63, 3.8) is 0 Å². The molecule has 0 aliphatic heterocycles. The Morgan fingerprint density at radius 1 is 1.06 bits per heavy atom. The van der Waals surface area contributed by atoms with E-state index in [1.165, 1.54) is 14.2 Å². The van der Waals surface area contributed by atoms with Crippen molar-refractivity contribution < 1.29 is 23.9 Å². The number of amides is 1. The minimum absolute atomic E-state index is 0.114. The van der Waals surface area contributed by atoms with E-state index < -0.39 is 17.8 Å². The number of thiophene rings is 1. The first-order chi connectivity index (χ1) is 16.3. The molecule has 34 heavy (non-hydrogen) atoms. The Hall–Kier alpha value is -4.05. The van der Waals surface area contributed by atoms with E-state index in [0.29, 0.717) is 27.7 Å². The number of fused-ring (bicyclic) bond motifs is 1. The number of carbonyl (C=O) groups is 3. The number of hydrogen-bond acceptors (Lipinski definition) is 8. The van der Waals surface area contributed by atoms with Crippen LogP contribution in [0.15, 0.2) is 36.5 Å². The summed E-state index contributed by atoms with van der Waals surface area (Å²) in [7, 11) is 4.32. The molecule has 0 aliphatic carbocycles. The maximum atomic E-state index is 13.5. The van der Waals surface area contributed by atoms with Crippen molar-refractivity contribution in [2.24, 2.45) is 7.05 Å². The number of pyridine rings is 1. The van der Waals surface area contributed by atoms with Crippen LogP contribution in [-0.4, -0.2) is 46.8 Å². The van der Waals surface area contributed by atoms with Gasteiger partial charge in [0.1, 0.15) is 9.88 Å². The van der Waals surface area contributed by atoms with Crippen molar-refractivity contribution >= 4 is 45.1 Å². The lowest BCUT2D eigenvalue weighted by molar-refractivity contribution is 0.0601. The molecular formula is C24H22N4O5S. The zero-order valence-electron chi connectivity index (χ0n) is 19.3. The molecule has 4 rings (SSSR count). The number of benzene rings is 1. The number of aromatic nitrogens is 3. The van der Waals surface area contributed by atoms with Gasteiger partial charge in [0.15, 0.2) is 0 Å². The van der Waals surface area contributed by atoms with E-state index in [1.807, 2.05) is 32.2 Å². The van der Waals surface area contributed by atoms with E-state index >= 15 is 0 Å². The van der Waals surface area contributed by atoms with Crippen LogP contribution < -0.4 is 5.32 Å². The number of anilines is 1. The van der Waals surface area contributed by atoms with E-state index in [9.17, 15) is 14.4 Å². The van der Waals surface area contributed by atoms with E-state index in [1.54, 1.807) is 29.9 Å². The van der Waals surface area contributed by atoms with Crippen molar-refractivity contribution in [2.75, 3.05) is 19.5 Å². The van der Waals surface area contributed by atoms with Gasteiger partial charge in [-0.05, 0) is 31.5 Å². The van der Waals surface area contributed by atoms with Crippen molar-refractivity contribution in [2.45, 2.75) is 13.8 Å². The first kappa shape index (κ1) is 23.1. The van der Waals surface area contributed by atoms with E-state index in [2.05, 4.69) is 10.4 Å². The van der Waals surface area contributed by atoms with E-state index in [-0.39, 0.29) is 15.4 Å². The first-order valence-corrected chi connectivity index (χ1v) is 11.1. The number of hydrogen-bond donors (Lipinski definition) is 1. The molecule has 0 unspecified atom stereocenters. The Morgan fingerprint density at radius 3 is 2.41 bits per heavy atom. The van der Waals surface area contributed by atoms with Gasteiger partial charge in [-0.3, -0.25) is 9.48 Å². The summed E-state index contributed by atoms with van der Waals surface area (Å²) in [5, 5.41) is 7.92. The largest absolute Gasteiger partial charge is 0.465 e. The standard InChI is InChI=1S/C24H22N4O5S/c1-12-19(23(30)32-4)22(34-20(12)24(31)33-5)27-21(29)15-10-18(16-11-25-28(3)13(16)2)26-17-9-7-6-8-14(15)17/h6-11H,1-5H3,(H,27,29). The van der Waals surface area contributed by atoms with Gasteiger partial charge in [-0.2, -0.15) is 5.10 Å². The number of rotatable bonds is 5. The molecule has 1 aromatic carbocycles. The van der Waals surface area contributed by atoms with Gasteiger partial charge in [0.25, 0.3) is 5.91 Å². The molecule has 9 nitrogen and oxygen atoms in total. The second-order valence-corrected chi connectivity index (χ2v) is 8.56. The summed E-state index contributed by atoms with van der Waals surface area (Å²) >= 11 is 0.961. The molecular weight excluding hydrogens is 456 g/mol. The predicted molar refractivity (Wildman–Crippen MR) is 128 cm³/mol. The Bertz CT molecular complexity index is 1450. The van der Waals surface area contributed by atoms with Crippen LogP contribution >= 0.6 is 11.3 Å². The molecule has 4 aromatic rings. The molecule has 0 aliphatic rings. The molecule has 3 heterocycles. The summed E-state index contributed by atoms with van der Waals surface area (Å²) in [6, 6.07) is 8.99. The smallest absolute Gasteiger partial charge is 0.348 e. The quantitative estimate of drug-likeness (QED) is 0.429. The van der Waals surface area contributed by atoms with Crippen molar-refractivity contribution in [3.05, 3.63) is 63.8 Å². The molecule has 10 heteroatoms. The fourth-order valence-corrected chi connectivity index (χ4v) is 4.77. The maximum Gasteiger partial charge on any atom is 0.348 e. The van der Waals surface area contributed by atoms with Gasteiger partial charge < -0.3 is 14.8 Å². The van der Waals surface area contributed by atoms with Crippen LogP contribution in [0.25, 0.3) is 22.2 Å². The number of nitrogens with zero attached hydrogens (tertiary/aromatic N) is 3. The summed E-state index contributed by atoms with van der Waals surface area (Å²) in [6.07, 6.45) is 1.70. The number of ether oxygens (including phenoxy) is 2. The third kappa shape index (κ3) is 3.92. The van der Waals surface area contributed by atoms with Gasteiger partial charge in [-0.1, -0.05) is 18.2 Å². The van der Waals surface area contributed by atoms with Crippen LogP contribution in [-0.2, 0) is 16.5 Å². The third-order valence-corrected chi connectivity index (χ3v) is 6.79. The van der Waals surface area contributed by atoms with Gasteiger partial charge >= 0.3 is 11.9 Å². The lowest BCUT2D eigenvalue weighted by Crippen LogP contribution is -2.15. The summed E-state index contributed by atoms with van der Waals surface area (Å²) < 4.78 is 11.4. The third-order valence-electron chi connectivity index (χ3n) is 5.61. The lowest BCUT2D eigenvalue weighted by Gasteiger charge is -2.11. The highest BCUT2D eigenvalue weighted by atomic mass is 32.1. The minimum Gasteiger partial charge on any atom is -0.465 e. The van der Waals surface area contributed by atoms with Crippen LogP contribution in [0.3, 0.4) is 0 Å². The van der Waals surface area contributed by atoms with Gasteiger partial charge in [0, 0.05) is 23.7 Å². The molecule has 0 saturated heterocycles. The van der Waals surface area contributed by atoms with E-state index in [0.717, 1.165) is 22.6 Å². The molecule has 174 valence electrons. The van der Waals surface area contributed by atoms with Crippen LogP contribution in [0, 0.1) is 13.8 Å². The minimum atomic E-state index is -0.662. The molecule has 1 N–H and O–H groups in total. The zero-order chi connectivity index (χ0) is 24.6. The Balaban J connectivity index is 1.83. The van der Waals surface area contributed by atoms with Gasteiger partial charge in [-0.25, -0.2) is 14.6 Å². The second kappa shape index (κ2) is 9.06. The molecule has 0 radical (unpaired) electrons. The summed E-state index contributed by atoms with van der Waals surface area (Å²) in [4.78, 5) is 43.1. The number of aryl methyl sites for hydroxylation is 1. The maximum absolute atomic E-state index is 13.5. The predicted octanol–water partition coefficient (Wildman–Crippen LogP) is 4.14. The van der Waals surface area contributed by atoms with Crippen LogP contribution in [0.2, 0.25) is 0 Å². The van der Waals surface area contributed by atoms with E-state index in [4.69, 9.17) is 14.5 Å². The van der Waals surface area contributed by atoms with Gasteiger partial charge in [0.2, 0.25) is 0 Å². The average Bonchev–Trinajstić information content (AvgIpc) is 3.35. The van der Waals surface area contributed by atoms with Gasteiger partial charge in [0.05, 0.1) is 42.8 Å². The molecule has 0 atom stereocenters. The molecule has 3 aromatic heterocycles. The molecule has 0 spiro atoms. The molecule has 0 bridgehead atoms. The summed E-state index contributed by atoms with van der Waals surface area (Å²) in [5.74, 6) is -1.72. The monoisotopic (exact) mass is 478 g/mol. The molecule has 0 saturated carbocycles. The number of carbonyl (C=O) groups excluding carboxylic acids is 3. The van der Waals surface area contributed by atoms with Crippen molar-refractivity contribution in [1.82, 2.24) is 14.8 Å². The lowest BCUT2D eigenvalue weighted by atomic mass is 10.0. The average molecular weight is 479 g/mol. The summed E-state index contributed by atoms with van der Waals surface area (Å²) in [5.41, 5.74) is 3.80. The number of nitrogens with one attached hydrogen (secondary N) is 1. The number of methoxy groups -OCH3 is 2. The molecule has 0 fully saturated rings. The Kier molecular flexibility index (Phi) is 6.16. The fraction of sp³-hybridized carbons (Fsp3) is 0.208. The zero-order valence-corrected chi connectivity index (χ0v) is 20.1. The number of esters is 2. The molecule has 1 amide bonds. The van der Waals surface area contributed by atoms with Crippen molar-refractivity contribution in [3.8, 4) is 11.3 Å². The van der Waals surface area contributed by atoms with Crippen LogP contribution in [0.1, 0.15) is 41.6 Å². The number of para-hydroxylation sites is 1. The van der Waals surface area contributed by atoms with Gasteiger partial charge in [-0.15, -0.1) is 11.3 Å². The highest BCUT2D eigenvalue weighted by molar-refractivity contribution is 7.18. The normalized spacial score (nSPS) is 10.9. The Labute approximate surface area is 199 Å². The Morgan fingerprint density at radius 2 is 1.76 bits per heavy atom. The topological polar surface area (TPSA) is 112 Å². The highest BCUT2D eigenvalue weighted by Gasteiger charge is 2.27. The second-order valence-electron chi connectivity index (χ2n) is 7.54. The van der Waals surface area contributed by atoms with Crippen LogP contribution in [0.5, 0.6) is 0 Å².